The Bertz CT molecular complexity index is 237. The quantitative estimate of drug-likeness (QED) is 0.703. The van der Waals surface area contributed by atoms with Gasteiger partial charge in [-0.05, 0) is 57.8 Å². The summed E-state index contributed by atoms with van der Waals surface area (Å²) < 4.78 is 0. The molecule has 0 bridgehead atoms. The van der Waals surface area contributed by atoms with Crippen molar-refractivity contribution in [2.24, 2.45) is 11.3 Å². The van der Waals surface area contributed by atoms with E-state index in [0.29, 0.717) is 5.41 Å². The molecule has 106 valence electrons. The van der Waals surface area contributed by atoms with E-state index in [9.17, 15) is 0 Å². The SMILES string of the molecule is CC(C)(C)NCC1(C2CCCCCC2)CCCC1. The maximum absolute atomic E-state index is 3.82. The summed E-state index contributed by atoms with van der Waals surface area (Å²) in [6.07, 6.45) is 14.9. The van der Waals surface area contributed by atoms with Gasteiger partial charge in [0, 0.05) is 12.1 Å². The Balaban J connectivity index is 2.00. The van der Waals surface area contributed by atoms with Crippen LogP contribution in [0.15, 0.2) is 0 Å². The highest BCUT2D eigenvalue weighted by Gasteiger charge is 2.41. The lowest BCUT2D eigenvalue weighted by Crippen LogP contribution is -2.46. The van der Waals surface area contributed by atoms with Crippen LogP contribution in [0.25, 0.3) is 0 Å². The van der Waals surface area contributed by atoms with E-state index < -0.39 is 0 Å². The average molecular weight is 251 g/mol. The van der Waals surface area contributed by atoms with Crippen molar-refractivity contribution >= 4 is 0 Å². The van der Waals surface area contributed by atoms with Crippen LogP contribution in [0.1, 0.15) is 85.0 Å². The standard InChI is InChI=1S/C17H33N/c1-16(2,3)18-14-17(12-8-9-13-17)15-10-6-4-5-7-11-15/h15,18H,4-14H2,1-3H3. The summed E-state index contributed by atoms with van der Waals surface area (Å²) >= 11 is 0. The molecule has 2 saturated carbocycles. The molecule has 1 nitrogen and oxygen atoms in total. The third-order valence-corrected chi connectivity index (χ3v) is 5.29. The van der Waals surface area contributed by atoms with Crippen LogP contribution < -0.4 is 5.32 Å². The van der Waals surface area contributed by atoms with Crippen molar-refractivity contribution < 1.29 is 0 Å². The molecule has 0 unspecified atom stereocenters. The van der Waals surface area contributed by atoms with Crippen LogP contribution in [-0.4, -0.2) is 12.1 Å². The van der Waals surface area contributed by atoms with Crippen LogP contribution in [0, 0.1) is 11.3 Å². The Hall–Kier alpha value is -0.0400. The van der Waals surface area contributed by atoms with Crippen molar-refractivity contribution in [2.75, 3.05) is 6.54 Å². The fraction of sp³-hybridized carbons (Fsp3) is 1.00. The minimum atomic E-state index is 0.278. The van der Waals surface area contributed by atoms with Crippen LogP contribution in [0.5, 0.6) is 0 Å². The Kier molecular flexibility index (Phi) is 4.75. The summed E-state index contributed by atoms with van der Waals surface area (Å²) in [4.78, 5) is 0. The Labute approximate surface area is 114 Å². The molecule has 2 aliphatic carbocycles. The van der Waals surface area contributed by atoms with Crippen molar-refractivity contribution in [3.8, 4) is 0 Å². The lowest BCUT2D eigenvalue weighted by atomic mass is 9.70. The number of hydrogen-bond acceptors (Lipinski definition) is 1. The van der Waals surface area contributed by atoms with Gasteiger partial charge in [0.15, 0.2) is 0 Å². The highest BCUT2D eigenvalue weighted by atomic mass is 15.0. The summed E-state index contributed by atoms with van der Waals surface area (Å²) in [5.74, 6) is 1.01. The van der Waals surface area contributed by atoms with Crippen molar-refractivity contribution in [3.05, 3.63) is 0 Å². The second-order valence-electron chi connectivity index (χ2n) is 7.86. The lowest BCUT2D eigenvalue weighted by molar-refractivity contribution is 0.130. The fourth-order valence-electron chi connectivity index (χ4n) is 4.14. The average Bonchev–Trinajstić information content (AvgIpc) is 2.61. The van der Waals surface area contributed by atoms with E-state index in [1.54, 1.807) is 0 Å². The second-order valence-corrected chi connectivity index (χ2v) is 7.86. The highest BCUT2D eigenvalue weighted by molar-refractivity contribution is 4.94. The van der Waals surface area contributed by atoms with E-state index >= 15 is 0 Å². The molecule has 18 heavy (non-hydrogen) atoms. The maximum Gasteiger partial charge on any atom is 0.00967 e. The fourth-order valence-corrected chi connectivity index (χ4v) is 4.14. The summed E-state index contributed by atoms with van der Waals surface area (Å²) in [5, 5.41) is 3.82. The largest absolute Gasteiger partial charge is 0.312 e. The maximum atomic E-state index is 3.82. The zero-order valence-corrected chi connectivity index (χ0v) is 12.9. The molecule has 0 aromatic rings. The molecule has 0 spiro atoms. The molecule has 0 amide bonds. The van der Waals surface area contributed by atoms with Gasteiger partial charge in [-0.2, -0.15) is 0 Å². The summed E-state index contributed by atoms with van der Waals surface area (Å²) in [6.45, 7) is 8.19. The normalized spacial score (nSPS) is 26.2. The van der Waals surface area contributed by atoms with Crippen LogP contribution in [0.2, 0.25) is 0 Å². The van der Waals surface area contributed by atoms with Gasteiger partial charge in [-0.1, -0.05) is 38.5 Å². The van der Waals surface area contributed by atoms with E-state index in [0.717, 1.165) is 5.92 Å². The third kappa shape index (κ3) is 3.73. The van der Waals surface area contributed by atoms with E-state index in [4.69, 9.17) is 0 Å². The van der Waals surface area contributed by atoms with Gasteiger partial charge in [-0.25, -0.2) is 0 Å². The first-order valence-electron chi connectivity index (χ1n) is 8.27. The second kappa shape index (κ2) is 5.94. The van der Waals surface area contributed by atoms with Crippen LogP contribution in [0.4, 0.5) is 0 Å². The van der Waals surface area contributed by atoms with Gasteiger partial charge in [-0.15, -0.1) is 0 Å². The zero-order chi connectivity index (χ0) is 13.1. The first-order valence-corrected chi connectivity index (χ1v) is 8.27. The molecule has 0 radical (unpaired) electrons. The van der Waals surface area contributed by atoms with Gasteiger partial charge in [0.1, 0.15) is 0 Å². The molecule has 0 saturated heterocycles. The molecule has 1 heteroatoms. The Morgan fingerprint density at radius 2 is 1.44 bits per heavy atom. The Morgan fingerprint density at radius 3 is 1.94 bits per heavy atom. The van der Waals surface area contributed by atoms with Gasteiger partial charge in [-0.3, -0.25) is 0 Å². The first kappa shape index (κ1) is 14.4. The molecule has 0 aliphatic heterocycles. The molecule has 0 heterocycles. The zero-order valence-electron chi connectivity index (χ0n) is 12.9. The van der Waals surface area contributed by atoms with Crippen molar-refractivity contribution in [3.63, 3.8) is 0 Å². The summed E-state index contributed by atoms with van der Waals surface area (Å²) in [5.41, 5.74) is 0.929. The van der Waals surface area contributed by atoms with Gasteiger partial charge in [0.05, 0.1) is 0 Å². The van der Waals surface area contributed by atoms with Crippen LogP contribution >= 0.6 is 0 Å². The predicted octanol–water partition coefficient (Wildman–Crippen LogP) is 4.91. The summed E-state index contributed by atoms with van der Waals surface area (Å²) in [6, 6.07) is 0. The topological polar surface area (TPSA) is 12.0 Å². The first-order chi connectivity index (χ1) is 8.52. The van der Waals surface area contributed by atoms with Crippen molar-refractivity contribution in [2.45, 2.75) is 90.5 Å². The molecule has 0 aromatic carbocycles. The molecule has 2 rings (SSSR count). The van der Waals surface area contributed by atoms with E-state index in [2.05, 4.69) is 26.1 Å². The minimum Gasteiger partial charge on any atom is -0.312 e. The number of hydrogen-bond donors (Lipinski definition) is 1. The van der Waals surface area contributed by atoms with Crippen LogP contribution in [-0.2, 0) is 0 Å². The lowest BCUT2D eigenvalue weighted by Gasteiger charge is -2.40. The van der Waals surface area contributed by atoms with E-state index in [1.165, 1.54) is 70.8 Å². The highest BCUT2D eigenvalue weighted by Crippen LogP contribution is 2.48. The monoisotopic (exact) mass is 251 g/mol. The molecule has 2 fully saturated rings. The van der Waals surface area contributed by atoms with Crippen molar-refractivity contribution in [1.29, 1.82) is 0 Å². The number of rotatable bonds is 3. The minimum absolute atomic E-state index is 0.278. The molecule has 2 aliphatic rings. The summed E-state index contributed by atoms with van der Waals surface area (Å²) in [7, 11) is 0. The van der Waals surface area contributed by atoms with E-state index in [-0.39, 0.29) is 5.54 Å². The molecular weight excluding hydrogens is 218 g/mol. The molecular formula is C17H33N. The van der Waals surface area contributed by atoms with Crippen LogP contribution in [0.3, 0.4) is 0 Å². The Morgan fingerprint density at radius 1 is 0.889 bits per heavy atom. The molecule has 0 aromatic heterocycles. The van der Waals surface area contributed by atoms with Gasteiger partial charge < -0.3 is 5.32 Å². The van der Waals surface area contributed by atoms with Crippen molar-refractivity contribution in [1.82, 2.24) is 5.32 Å². The van der Waals surface area contributed by atoms with Gasteiger partial charge in [0.2, 0.25) is 0 Å². The molecule has 0 atom stereocenters. The van der Waals surface area contributed by atoms with Gasteiger partial charge in [0.25, 0.3) is 0 Å². The number of nitrogens with one attached hydrogen (secondary N) is 1. The molecule has 1 N–H and O–H groups in total. The predicted molar refractivity (Wildman–Crippen MR) is 79.8 cm³/mol. The smallest absolute Gasteiger partial charge is 0.00967 e. The van der Waals surface area contributed by atoms with Gasteiger partial charge >= 0.3 is 0 Å². The van der Waals surface area contributed by atoms with E-state index in [1.807, 2.05) is 0 Å². The third-order valence-electron chi connectivity index (χ3n) is 5.29.